The minimum absolute atomic E-state index is 0.0284. The van der Waals surface area contributed by atoms with Gasteiger partial charge in [0.05, 0.1) is 0 Å². The second kappa shape index (κ2) is 8.56. The number of aromatic nitrogens is 4. The molecule has 0 bridgehead atoms. The maximum absolute atomic E-state index is 11.9. The van der Waals surface area contributed by atoms with Gasteiger partial charge in [0.15, 0.2) is 5.69 Å². The number of Topliss-reactive ketones (excluding diaryl/α,β-unsaturated/α-hetero) is 1. The maximum Gasteiger partial charge on any atom is 0.355 e. The molecule has 1 aromatic carbocycles. The highest BCUT2D eigenvalue weighted by molar-refractivity contribution is 5.93. The molecule has 28 heavy (non-hydrogen) atoms. The van der Waals surface area contributed by atoms with Crippen LogP contribution in [-0.2, 0) is 13.0 Å². The van der Waals surface area contributed by atoms with E-state index in [0.29, 0.717) is 24.9 Å². The minimum atomic E-state index is -1.06. The van der Waals surface area contributed by atoms with Gasteiger partial charge in [-0.25, -0.2) is 19.4 Å². The number of rotatable bonds is 8. The van der Waals surface area contributed by atoms with Gasteiger partial charge in [-0.2, -0.15) is 0 Å². The summed E-state index contributed by atoms with van der Waals surface area (Å²) in [5, 5.41) is 13.7. The third-order valence-electron chi connectivity index (χ3n) is 4.39. The van der Waals surface area contributed by atoms with Crippen molar-refractivity contribution in [1.29, 1.82) is 0 Å². The fraction of sp³-hybridized carbons (Fsp3) is 0.286. The SMILES string of the molecule is CCCn1nc(C(=O)CC)nc1Cc1ccc(-c2cccnc2C(=O)O)cc1. The highest BCUT2D eigenvalue weighted by Crippen LogP contribution is 2.23. The number of benzene rings is 1. The van der Waals surface area contributed by atoms with Gasteiger partial charge in [0, 0.05) is 31.1 Å². The van der Waals surface area contributed by atoms with Gasteiger partial charge in [-0.3, -0.25) is 4.79 Å². The van der Waals surface area contributed by atoms with E-state index in [2.05, 4.69) is 22.0 Å². The number of nitrogens with zero attached hydrogens (tertiary/aromatic N) is 4. The third kappa shape index (κ3) is 4.14. The lowest BCUT2D eigenvalue weighted by Crippen LogP contribution is -2.06. The lowest BCUT2D eigenvalue weighted by molar-refractivity contribution is 0.0691. The van der Waals surface area contributed by atoms with Crippen molar-refractivity contribution in [3.63, 3.8) is 0 Å². The van der Waals surface area contributed by atoms with Crippen LogP contribution in [0.2, 0.25) is 0 Å². The number of carbonyl (C=O) groups is 2. The molecule has 2 heterocycles. The van der Waals surface area contributed by atoms with E-state index in [-0.39, 0.29) is 17.3 Å². The van der Waals surface area contributed by atoms with Gasteiger partial charge in [-0.15, -0.1) is 5.10 Å². The molecule has 0 aliphatic rings. The molecule has 0 fully saturated rings. The van der Waals surface area contributed by atoms with Gasteiger partial charge in [0.2, 0.25) is 11.6 Å². The second-order valence-electron chi connectivity index (χ2n) is 6.43. The summed E-state index contributed by atoms with van der Waals surface area (Å²) >= 11 is 0. The quantitative estimate of drug-likeness (QED) is 0.601. The molecular formula is C21H22N4O3. The number of aromatic carboxylic acids is 1. The van der Waals surface area contributed by atoms with E-state index >= 15 is 0 Å². The van der Waals surface area contributed by atoms with E-state index in [0.717, 1.165) is 23.4 Å². The van der Waals surface area contributed by atoms with Gasteiger partial charge in [0.25, 0.3) is 0 Å². The molecule has 3 aromatic rings. The van der Waals surface area contributed by atoms with Crippen molar-refractivity contribution in [2.45, 2.75) is 39.7 Å². The Balaban J connectivity index is 1.86. The Labute approximate surface area is 163 Å². The summed E-state index contributed by atoms with van der Waals surface area (Å²) in [4.78, 5) is 31.7. The van der Waals surface area contributed by atoms with Crippen molar-refractivity contribution >= 4 is 11.8 Å². The van der Waals surface area contributed by atoms with Crippen molar-refractivity contribution in [1.82, 2.24) is 19.7 Å². The smallest absolute Gasteiger partial charge is 0.355 e. The summed E-state index contributed by atoms with van der Waals surface area (Å²) in [6, 6.07) is 11.1. The van der Waals surface area contributed by atoms with Gasteiger partial charge >= 0.3 is 5.97 Å². The zero-order valence-corrected chi connectivity index (χ0v) is 15.9. The molecule has 0 spiro atoms. The first-order chi connectivity index (χ1) is 13.5. The Bertz CT molecular complexity index is 993. The lowest BCUT2D eigenvalue weighted by Gasteiger charge is -2.07. The third-order valence-corrected chi connectivity index (χ3v) is 4.39. The molecule has 2 aromatic heterocycles. The first-order valence-corrected chi connectivity index (χ1v) is 9.28. The van der Waals surface area contributed by atoms with Crippen LogP contribution in [0.1, 0.15) is 59.2 Å². The maximum atomic E-state index is 11.9. The predicted octanol–water partition coefficient (Wildman–Crippen LogP) is 3.63. The van der Waals surface area contributed by atoms with Crippen LogP contribution < -0.4 is 0 Å². The molecule has 3 rings (SSSR count). The van der Waals surface area contributed by atoms with Crippen LogP contribution >= 0.6 is 0 Å². The molecule has 1 N–H and O–H groups in total. The highest BCUT2D eigenvalue weighted by atomic mass is 16.4. The second-order valence-corrected chi connectivity index (χ2v) is 6.43. The highest BCUT2D eigenvalue weighted by Gasteiger charge is 2.16. The Kier molecular flexibility index (Phi) is 5.93. The van der Waals surface area contributed by atoms with E-state index in [1.165, 1.54) is 6.20 Å². The topological polar surface area (TPSA) is 98.0 Å². The summed E-state index contributed by atoms with van der Waals surface area (Å²) in [5.74, 6) is -0.104. The summed E-state index contributed by atoms with van der Waals surface area (Å²) in [6.45, 7) is 4.55. The molecule has 144 valence electrons. The first kappa shape index (κ1) is 19.4. The number of aryl methyl sites for hydroxylation is 1. The van der Waals surface area contributed by atoms with Crippen LogP contribution in [0.15, 0.2) is 42.6 Å². The fourth-order valence-electron chi connectivity index (χ4n) is 2.97. The van der Waals surface area contributed by atoms with Crippen LogP contribution in [0.5, 0.6) is 0 Å². The molecule has 0 aliphatic carbocycles. The molecule has 7 nitrogen and oxygen atoms in total. The summed E-state index contributed by atoms with van der Waals surface area (Å²) in [7, 11) is 0. The van der Waals surface area contributed by atoms with Crippen LogP contribution in [0.25, 0.3) is 11.1 Å². The van der Waals surface area contributed by atoms with Crippen LogP contribution in [0, 0.1) is 0 Å². The number of carboxylic acids is 1. The van der Waals surface area contributed by atoms with E-state index < -0.39 is 5.97 Å². The number of carboxylic acid groups (broad SMARTS) is 1. The van der Waals surface area contributed by atoms with Crippen LogP contribution in [0.4, 0.5) is 0 Å². The zero-order valence-electron chi connectivity index (χ0n) is 15.9. The molecule has 0 saturated heterocycles. The Hall–Kier alpha value is -3.35. The van der Waals surface area contributed by atoms with Gasteiger partial charge in [-0.05, 0) is 23.6 Å². The molecule has 0 atom stereocenters. The largest absolute Gasteiger partial charge is 0.476 e. The Morgan fingerprint density at radius 2 is 1.86 bits per heavy atom. The molecular weight excluding hydrogens is 356 g/mol. The summed E-state index contributed by atoms with van der Waals surface area (Å²) in [6.07, 6.45) is 3.29. The van der Waals surface area contributed by atoms with Crippen molar-refractivity contribution in [3.05, 3.63) is 65.5 Å². The Morgan fingerprint density at radius 1 is 1.11 bits per heavy atom. The van der Waals surface area contributed by atoms with E-state index in [1.54, 1.807) is 23.7 Å². The van der Waals surface area contributed by atoms with E-state index in [4.69, 9.17) is 0 Å². The monoisotopic (exact) mass is 378 g/mol. The average Bonchev–Trinajstić information content (AvgIpc) is 3.10. The van der Waals surface area contributed by atoms with Gasteiger partial charge in [0.1, 0.15) is 5.82 Å². The number of hydrogen-bond donors (Lipinski definition) is 1. The standard InChI is InChI=1S/C21H22N4O3/c1-3-12-25-18(23-20(24-25)17(26)4-2)13-14-7-9-15(10-8-14)16-6-5-11-22-19(16)21(27)28/h5-11H,3-4,12-13H2,1-2H3,(H,27,28). The lowest BCUT2D eigenvalue weighted by atomic mass is 10.0. The van der Waals surface area contributed by atoms with E-state index in [1.807, 2.05) is 24.3 Å². The molecule has 0 aliphatic heterocycles. The number of hydrogen-bond acceptors (Lipinski definition) is 5. The van der Waals surface area contributed by atoms with Crippen molar-refractivity contribution < 1.29 is 14.7 Å². The van der Waals surface area contributed by atoms with Crippen LogP contribution in [0.3, 0.4) is 0 Å². The molecule has 0 radical (unpaired) electrons. The van der Waals surface area contributed by atoms with Gasteiger partial charge in [-0.1, -0.05) is 44.2 Å². The van der Waals surface area contributed by atoms with Crippen molar-refractivity contribution in [2.24, 2.45) is 0 Å². The number of ketones is 1. The number of carbonyl (C=O) groups excluding carboxylic acids is 1. The number of pyridine rings is 1. The average molecular weight is 378 g/mol. The molecule has 7 heteroatoms. The molecule has 0 unspecified atom stereocenters. The van der Waals surface area contributed by atoms with Crippen LogP contribution in [-0.4, -0.2) is 36.6 Å². The summed E-state index contributed by atoms with van der Waals surface area (Å²) < 4.78 is 1.79. The molecule has 0 saturated carbocycles. The minimum Gasteiger partial charge on any atom is -0.476 e. The zero-order chi connectivity index (χ0) is 20.1. The van der Waals surface area contributed by atoms with Gasteiger partial charge < -0.3 is 5.11 Å². The normalized spacial score (nSPS) is 10.8. The van der Waals surface area contributed by atoms with Crippen molar-refractivity contribution in [2.75, 3.05) is 0 Å². The predicted molar refractivity (Wildman–Crippen MR) is 104 cm³/mol. The summed E-state index contributed by atoms with van der Waals surface area (Å²) in [5.41, 5.74) is 2.39. The Morgan fingerprint density at radius 3 is 2.50 bits per heavy atom. The first-order valence-electron chi connectivity index (χ1n) is 9.28. The fourth-order valence-corrected chi connectivity index (χ4v) is 2.97. The van der Waals surface area contributed by atoms with E-state index in [9.17, 15) is 14.7 Å². The molecule has 0 amide bonds. The van der Waals surface area contributed by atoms with Crippen molar-refractivity contribution in [3.8, 4) is 11.1 Å².